The first kappa shape index (κ1) is 19.1. The van der Waals surface area contributed by atoms with Gasteiger partial charge in [0.25, 0.3) is 0 Å². The molecule has 150 valence electrons. The smallest absolute Gasteiger partial charge is 0.184 e. The van der Waals surface area contributed by atoms with Crippen LogP contribution in [0, 0.1) is 0 Å². The van der Waals surface area contributed by atoms with Gasteiger partial charge in [-0.05, 0) is 24.3 Å². The Balaban J connectivity index is 1.56. The zero-order valence-electron chi connectivity index (χ0n) is 14.9. The standard InChI is InChI=1S/C20H22O8/c21-9-15-17(24)18-16(27-20(26-15)12-3-7-14(23)8-4-12)10-25-19(28-18)11-1-5-13(22)6-2-11/h1-8,15-24H,9-10H2/t15-,16+,17-,18-,19?,20?/m0/s1. The maximum absolute atomic E-state index is 10.7. The Morgan fingerprint density at radius 3 is 1.93 bits per heavy atom. The molecule has 0 radical (unpaired) electrons. The molecule has 2 aromatic carbocycles. The molecule has 8 heteroatoms. The number of phenolic OH excluding ortho intramolecular Hbond substituents is 2. The SMILES string of the molecule is OC[C@@H]1OC(c2ccc(O)cc2)O[C@@H]2COC(c3ccc(O)cc3)O[C@@H]2[C@H]1O. The van der Waals surface area contributed by atoms with Gasteiger partial charge in [0, 0.05) is 11.1 Å². The lowest BCUT2D eigenvalue weighted by atomic mass is 10.0. The molecular weight excluding hydrogens is 368 g/mol. The maximum Gasteiger partial charge on any atom is 0.184 e. The van der Waals surface area contributed by atoms with Crippen molar-refractivity contribution in [2.75, 3.05) is 13.2 Å². The minimum absolute atomic E-state index is 0.107. The number of hydrogen-bond acceptors (Lipinski definition) is 8. The maximum atomic E-state index is 10.7. The van der Waals surface area contributed by atoms with Gasteiger partial charge in [0.05, 0.1) is 13.2 Å². The molecule has 0 aromatic heterocycles. The summed E-state index contributed by atoms with van der Waals surface area (Å²) in [7, 11) is 0. The highest BCUT2D eigenvalue weighted by atomic mass is 16.8. The van der Waals surface area contributed by atoms with Crippen LogP contribution in [0.5, 0.6) is 11.5 Å². The summed E-state index contributed by atoms with van der Waals surface area (Å²) in [6.45, 7) is -0.278. The molecule has 2 aromatic rings. The number of rotatable bonds is 3. The number of ether oxygens (including phenoxy) is 4. The van der Waals surface area contributed by atoms with Crippen molar-refractivity contribution in [3.63, 3.8) is 0 Å². The largest absolute Gasteiger partial charge is 0.508 e. The summed E-state index contributed by atoms with van der Waals surface area (Å²) in [5.41, 5.74) is 1.31. The Bertz CT molecular complexity index is 778. The van der Waals surface area contributed by atoms with E-state index in [0.717, 1.165) is 0 Å². The summed E-state index contributed by atoms with van der Waals surface area (Å²) < 4.78 is 23.4. The van der Waals surface area contributed by atoms with Crippen molar-refractivity contribution in [3.05, 3.63) is 59.7 Å². The van der Waals surface area contributed by atoms with Crippen molar-refractivity contribution in [3.8, 4) is 11.5 Å². The minimum Gasteiger partial charge on any atom is -0.508 e. The van der Waals surface area contributed by atoms with E-state index < -0.39 is 43.6 Å². The van der Waals surface area contributed by atoms with Gasteiger partial charge in [0.2, 0.25) is 0 Å². The second-order valence-electron chi connectivity index (χ2n) is 6.80. The van der Waals surface area contributed by atoms with E-state index in [4.69, 9.17) is 18.9 Å². The molecule has 2 aliphatic rings. The Hall–Kier alpha value is -2.20. The Labute approximate surface area is 161 Å². The van der Waals surface area contributed by atoms with E-state index in [2.05, 4.69) is 0 Å². The first-order valence-corrected chi connectivity index (χ1v) is 9.00. The summed E-state index contributed by atoms with van der Waals surface area (Å²) in [6, 6.07) is 12.7. The van der Waals surface area contributed by atoms with Gasteiger partial charge in [0.1, 0.15) is 35.9 Å². The van der Waals surface area contributed by atoms with Crippen LogP contribution in [0.2, 0.25) is 0 Å². The Morgan fingerprint density at radius 2 is 1.36 bits per heavy atom. The van der Waals surface area contributed by atoms with Crippen LogP contribution >= 0.6 is 0 Å². The van der Waals surface area contributed by atoms with Crippen molar-refractivity contribution in [1.82, 2.24) is 0 Å². The quantitative estimate of drug-likeness (QED) is 0.620. The van der Waals surface area contributed by atoms with Gasteiger partial charge >= 0.3 is 0 Å². The normalized spacial score (nSPS) is 33.1. The molecule has 4 N–H and O–H groups in total. The van der Waals surface area contributed by atoms with Crippen molar-refractivity contribution in [2.24, 2.45) is 0 Å². The fourth-order valence-corrected chi connectivity index (χ4v) is 3.35. The fourth-order valence-electron chi connectivity index (χ4n) is 3.35. The molecule has 6 atom stereocenters. The molecule has 0 bridgehead atoms. The second kappa shape index (κ2) is 8.04. The molecule has 28 heavy (non-hydrogen) atoms. The molecule has 2 unspecified atom stereocenters. The predicted octanol–water partition coefficient (Wildman–Crippen LogP) is 1.35. The van der Waals surface area contributed by atoms with E-state index in [9.17, 15) is 20.4 Å². The second-order valence-corrected chi connectivity index (χ2v) is 6.80. The third-order valence-corrected chi connectivity index (χ3v) is 4.88. The number of fused-ring (bicyclic) bond motifs is 1. The first-order valence-electron chi connectivity index (χ1n) is 9.00. The zero-order chi connectivity index (χ0) is 19.7. The molecule has 4 rings (SSSR count). The minimum atomic E-state index is -1.14. The average molecular weight is 390 g/mol. The summed E-state index contributed by atoms with van der Waals surface area (Å²) in [4.78, 5) is 0. The van der Waals surface area contributed by atoms with Crippen LogP contribution in [0.3, 0.4) is 0 Å². The highest BCUT2D eigenvalue weighted by Gasteiger charge is 2.46. The van der Waals surface area contributed by atoms with Crippen LogP contribution in [0.15, 0.2) is 48.5 Å². The third-order valence-electron chi connectivity index (χ3n) is 4.88. The molecule has 2 saturated heterocycles. The molecule has 2 aliphatic heterocycles. The molecule has 2 heterocycles. The van der Waals surface area contributed by atoms with Gasteiger partial charge < -0.3 is 39.4 Å². The number of aliphatic hydroxyl groups is 2. The third kappa shape index (κ3) is 3.83. The van der Waals surface area contributed by atoms with Gasteiger partial charge in [0.15, 0.2) is 12.6 Å². The molecule has 8 nitrogen and oxygen atoms in total. The number of hydrogen-bond donors (Lipinski definition) is 4. The van der Waals surface area contributed by atoms with E-state index in [0.29, 0.717) is 11.1 Å². The van der Waals surface area contributed by atoms with Crippen molar-refractivity contribution < 1.29 is 39.4 Å². The van der Waals surface area contributed by atoms with Crippen molar-refractivity contribution in [1.29, 1.82) is 0 Å². The van der Waals surface area contributed by atoms with E-state index in [1.807, 2.05) is 0 Å². The molecule has 0 aliphatic carbocycles. The van der Waals surface area contributed by atoms with Crippen molar-refractivity contribution >= 4 is 0 Å². The summed E-state index contributed by atoms with van der Waals surface area (Å²) in [5, 5.41) is 39.4. The van der Waals surface area contributed by atoms with Gasteiger partial charge in [-0.2, -0.15) is 0 Å². The fraction of sp³-hybridized carbons (Fsp3) is 0.400. The van der Waals surface area contributed by atoms with Crippen LogP contribution in [0.4, 0.5) is 0 Å². The number of benzene rings is 2. The summed E-state index contributed by atoms with van der Waals surface area (Å²) in [6.07, 6.45) is -5.08. The van der Waals surface area contributed by atoms with Crippen LogP contribution in [-0.2, 0) is 18.9 Å². The van der Waals surface area contributed by atoms with Crippen molar-refractivity contribution in [2.45, 2.75) is 37.0 Å². The van der Waals surface area contributed by atoms with Crippen LogP contribution in [0.1, 0.15) is 23.7 Å². The summed E-state index contributed by atoms with van der Waals surface area (Å²) >= 11 is 0. The van der Waals surface area contributed by atoms with Gasteiger partial charge in [-0.15, -0.1) is 0 Å². The van der Waals surface area contributed by atoms with Gasteiger partial charge in [-0.3, -0.25) is 0 Å². The molecule has 0 saturated carbocycles. The molecular formula is C20H22O8. The monoisotopic (exact) mass is 390 g/mol. The zero-order valence-corrected chi connectivity index (χ0v) is 14.9. The molecule has 2 fully saturated rings. The number of aliphatic hydroxyl groups excluding tert-OH is 2. The van der Waals surface area contributed by atoms with Gasteiger partial charge in [-0.1, -0.05) is 24.3 Å². The molecule has 0 spiro atoms. The number of phenols is 2. The lowest BCUT2D eigenvalue weighted by molar-refractivity contribution is -0.289. The molecule has 0 amide bonds. The average Bonchev–Trinajstić information content (AvgIpc) is 2.85. The van der Waals surface area contributed by atoms with E-state index in [-0.39, 0.29) is 18.1 Å². The lowest BCUT2D eigenvalue weighted by Gasteiger charge is -2.37. The highest BCUT2D eigenvalue weighted by Crippen LogP contribution is 2.37. The van der Waals surface area contributed by atoms with E-state index in [1.165, 1.54) is 24.3 Å². The Morgan fingerprint density at radius 1 is 0.786 bits per heavy atom. The van der Waals surface area contributed by atoms with E-state index in [1.54, 1.807) is 24.3 Å². The highest BCUT2D eigenvalue weighted by molar-refractivity contribution is 5.28. The number of aromatic hydroxyl groups is 2. The lowest BCUT2D eigenvalue weighted by Crippen LogP contribution is -2.51. The van der Waals surface area contributed by atoms with Gasteiger partial charge in [-0.25, -0.2) is 0 Å². The van der Waals surface area contributed by atoms with Crippen LogP contribution < -0.4 is 0 Å². The van der Waals surface area contributed by atoms with Crippen LogP contribution in [0.25, 0.3) is 0 Å². The first-order chi connectivity index (χ1) is 13.5. The van der Waals surface area contributed by atoms with E-state index >= 15 is 0 Å². The summed E-state index contributed by atoms with van der Waals surface area (Å²) in [5.74, 6) is 0.232. The predicted molar refractivity (Wildman–Crippen MR) is 95.4 cm³/mol. The van der Waals surface area contributed by atoms with Crippen LogP contribution in [-0.4, -0.2) is 58.1 Å². The topological polar surface area (TPSA) is 118 Å². The Kier molecular flexibility index (Phi) is 5.49.